The van der Waals surface area contributed by atoms with E-state index >= 15 is 0 Å². The first-order valence-electron chi connectivity index (χ1n) is 7.47. The molecule has 1 aromatic rings. The van der Waals surface area contributed by atoms with Crippen LogP contribution >= 0.6 is 0 Å². The van der Waals surface area contributed by atoms with Crippen molar-refractivity contribution in [3.05, 3.63) is 30.3 Å². The maximum atomic E-state index is 3.67. The molecular weight excluding hydrogens is 220 g/mol. The Kier molecular flexibility index (Phi) is 3.84. The molecular formula is C16H24N2. The highest BCUT2D eigenvalue weighted by atomic mass is 15.2. The third-order valence-corrected chi connectivity index (χ3v) is 4.52. The van der Waals surface area contributed by atoms with Gasteiger partial charge in [0.1, 0.15) is 0 Å². The summed E-state index contributed by atoms with van der Waals surface area (Å²) in [5.41, 5.74) is 1.27. The minimum atomic E-state index is 0.671. The van der Waals surface area contributed by atoms with Gasteiger partial charge in [0, 0.05) is 30.9 Å². The Morgan fingerprint density at radius 1 is 0.889 bits per heavy atom. The van der Waals surface area contributed by atoms with E-state index in [-0.39, 0.29) is 0 Å². The zero-order chi connectivity index (χ0) is 12.2. The lowest BCUT2D eigenvalue weighted by atomic mass is 10.0. The molecule has 1 aliphatic carbocycles. The van der Waals surface area contributed by atoms with Crippen LogP contribution in [0.1, 0.15) is 38.5 Å². The normalized spacial score (nSPS) is 23.3. The number of para-hydroxylation sites is 1. The highest BCUT2D eigenvalue weighted by Crippen LogP contribution is 2.26. The minimum Gasteiger partial charge on any atom is -0.382 e. The fourth-order valence-corrected chi connectivity index (χ4v) is 3.45. The van der Waals surface area contributed by atoms with Crippen LogP contribution in [0.15, 0.2) is 30.3 Å². The molecule has 1 heterocycles. The molecule has 2 heteroatoms. The summed E-state index contributed by atoms with van der Waals surface area (Å²) in [4.78, 5) is 2.73. The summed E-state index contributed by atoms with van der Waals surface area (Å²) < 4.78 is 0. The van der Waals surface area contributed by atoms with Crippen molar-refractivity contribution in [2.24, 2.45) is 0 Å². The first-order chi connectivity index (χ1) is 8.92. The Hall–Kier alpha value is -1.02. The van der Waals surface area contributed by atoms with Gasteiger partial charge >= 0.3 is 0 Å². The molecule has 0 bridgehead atoms. The van der Waals surface area contributed by atoms with E-state index in [4.69, 9.17) is 0 Å². The van der Waals surface area contributed by atoms with E-state index in [0.717, 1.165) is 6.04 Å². The van der Waals surface area contributed by atoms with Crippen LogP contribution in [0.3, 0.4) is 0 Å². The van der Waals surface area contributed by atoms with Gasteiger partial charge in [-0.05, 0) is 37.8 Å². The van der Waals surface area contributed by atoms with Gasteiger partial charge in [0.05, 0.1) is 0 Å². The number of likely N-dealkylation sites (tertiary alicyclic amines) is 1. The maximum Gasteiger partial charge on any atom is 0.0342 e. The van der Waals surface area contributed by atoms with Crippen LogP contribution in [0.4, 0.5) is 5.69 Å². The second-order valence-corrected chi connectivity index (χ2v) is 5.76. The summed E-state index contributed by atoms with van der Waals surface area (Å²) in [5, 5.41) is 3.67. The quantitative estimate of drug-likeness (QED) is 0.875. The highest BCUT2D eigenvalue weighted by Gasteiger charge is 2.26. The molecule has 3 rings (SSSR count). The first kappa shape index (κ1) is 12.0. The summed E-state index contributed by atoms with van der Waals surface area (Å²) in [7, 11) is 0. The number of hydrogen-bond acceptors (Lipinski definition) is 2. The van der Waals surface area contributed by atoms with Gasteiger partial charge in [-0.25, -0.2) is 0 Å². The molecule has 0 amide bonds. The van der Waals surface area contributed by atoms with E-state index < -0.39 is 0 Å². The molecule has 1 saturated carbocycles. The van der Waals surface area contributed by atoms with Crippen molar-refractivity contribution in [3.63, 3.8) is 0 Å². The van der Waals surface area contributed by atoms with E-state index in [9.17, 15) is 0 Å². The molecule has 0 atom stereocenters. The molecule has 1 N–H and O–H groups in total. The van der Waals surface area contributed by atoms with Gasteiger partial charge < -0.3 is 10.2 Å². The molecule has 2 fully saturated rings. The molecule has 0 unspecified atom stereocenters. The summed E-state index contributed by atoms with van der Waals surface area (Å²) in [6.07, 6.45) is 8.38. The van der Waals surface area contributed by atoms with Gasteiger partial charge in [-0.2, -0.15) is 0 Å². The van der Waals surface area contributed by atoms with E-state index in [1.165, 1.54) is 57.3 Å². The van der Waals surface area contributed by atoms with E-state index in [2.05, 4.69) is 40.5 Å². The number of rotatable bonds is 3. The topological polar surface area (TPSA) is 15.3 Å². The fourth-order valence-electron chi connectivity index (χ4n) is 3.45. The van der Waals surface area contributed by atoms with Gasteiger partial charge in [0.2, 0.25) is 0 Å². The molecule has 1 aromatic carbocycles. The van der Waals surface area contributed by atoms with E-state index in [0.29, 0.717) is 6.04 Å². The van der Waals surface area contributed by atoms with Crippen LogP contribution < -0.4 is 5.32 Å². The van der Waals surface area contributed by atoms with Gasteiger partial charge in [-0.1, -0.05) is 31.0 Å². The van der Waals surface area contributed by atoms with Gasteiger partial charge in [0.15, 0.2) is 0 Å². The first-order valence-corrected chi connectivity index (χ1v) is 7.47. The SMILES string of the molecule is c1ccc(NC2CCN(C3CCCC3)CC2)cc1. The lowest BCUT2D eigenvalue weighted by Gasteiger charge is -2.36. The zero-order valence-electron chi connectivity index (χ0n) is 11.1. The van der Waals surface area contributed by atoms with Crippen LogP contribution in [0, 0.1) is 0 Å². The van der Waals surface area contributed by atoms with Crippen molar-refractivity contribution in [1.82, 2.24) is 4.90 Å². The minimum absolute atomic E-state index is 0.671. The van der Waals surface area contributed by atoms with Crippen molar-refractivity contribution < 1.29 is 0 Å². The number of benzene rings is 1. The number of anilines is 1. The standard InChI is InChI=1S/C16H24N2/c1-2-6-14(7-3-1)17-15-10-12-18(13-11-15)16-8-4-5-9-16/h1-3,6-7,15-17H,4-5,8-13H2. The number of nitrogens with zero attached hydrogens (tertiary/aromatic N) is 1. The lowest BCUT2D eigenvalue weighted by molar-refractivity contribution is 0.159. The van der Waals surface area contributed by atoms with Crippen molar-refractivity contribution >= 4 is 5.69 Å². The number of nitrogens with one attached hydrogen (secondary N) is 1. The number of piperidine rings is 1. The predicted octanol–water partition coefficient (Wildman–Crippen LogP) is 3.51. The monoisotopic (exact) mass is 244 g/mol. The Morgan fingerprint density at radius 3 is 2.22 bits per heavy atom. The van der Waals surface area contributed by atoms with Gasteiger partial charge in [-0.3, -0.25) is 0 Å². The summed E-state index contributed by atoms with van der Waals surface area (Å²) in [5.74, 6) is 0. The van der Waals surface area contributed by atoms with Crippen molar-refractivity contribution in [1.29, 1.82) is 0 Å². The largest absolute Gasteiger partial charge is 0.382 e. The summed E-state index contributed by atoms with van der Waals surface area (Å²) in [6, 6.07) is 12.2. The second kappa shape index (κ2) is 5.75. The molecule has 98 valence electrons. The molecule has 2 nitrogen and oxygen atoms in total. The zero-order valence-corrected chi connectivity index (χ0v) is 11.1. The second-order valence-electron chi connectivity index (χ2n) is 5.76. The van der Waals surface area contributed by atoms with E-state index in [1.807, 2.05) is 0 Å². The fraction of sp³-hybridized carbons (Fsp3) is 0.625. The molecule has 18 heavy (non-hydrogen) atoms. The van der Waals surface area contributed by atoms with Crippen LogP contribution in [0.2, 0.25) is 0 Å². The molecule has 2 aliphatic rings. The summed E-state index contributed by atoms with van der Waals surface area (Å²) in [6.45, 7) is 2.57. The molecule has 1 aliphatic heterocycles. The van der Waals surface area contributed by atoms with Crippen molar-refractivity contribution in [2.75, 3.05) is 18.4 Å². The Balaban J connectivity index is 1.48. The Bertz CT molecular complexity index is 349. The van der Waals surface area contributed by atoms with Crippen LogP contribution in [-0.4, -0.2) is 30.1 Å². The maximum absolute atomic E-state index is 3.67. The third-order valence-electron chi connectivity index (χ3n) is 4.52. The Labute approximate surface area is 110 Å². The average molecular weight is 244 g/mol. The number of hydrogen-bond donors (Lipinski definition) is 1. The van der Waals surface area contributed by atoms with Crippen molar-refractivity contribution in [3.8, 4) is 0 Å². The molecule has 1 saturated heterocycles. The highest BCUT2D eigenvalue weighted by molar-refractivity contribution is 5.43. The van der Waals surface area contributed by atoms with E-state index in [1.54, 1.807) is 0 Å². The predicted molar refractivity (Wildman–Crippen MR) is 76.9 cm³/mol. The smallest absolute Gasteiger partial charge is 0.0342 e. The van der Waals surface area contributed by atoms with Crippen LogP contribution in [0.25, 0.3) is 0 Å². The van der Waals surface area contributed by atoms with Gasteiger partial charge in [-0.15, -0.1) is 0 Å². The average Bonchev–Trinajstić information content (AvgIpc) is 2.95. The molecule has 0 aromatic heterocycles. The van der Waals surface area contributed by atoms with Gasteiger partial charge in [0.25, 0.3) is 0 Å². The van der Waals surface area contributed by atoms with Crippen LogP contribution in [-0.2, 0) is 0 Å². The van der Waals surface area contributed by atoms with Crippen molar-refractivity contribution in [2.45, 2.75) is 50.6 Å². The Morgan fingerprint density at radius 2 is 1.56 bits per heavy atom. The third kappa shape index (κ3) is 2.86. The summed E-state index contributed by atoms with van der Waals surface area (Å²) >= 11 is 0. The lowest BCUT2D eigenvalue weighted by Crippen LogP contribution is -2.43. The van der Waals surface area contributed by atoms with Crippen LogP contribution in [0.5, 0.6) is 0 Å². The molecule has 0 spiro atoms. The molecule has 0 radical (unpaired) electrons.